The number of hydrogen-bond acceptors (Lipinski definition) is 3. The molecular formula is C21H22ClFN2O2S. The molecule has 1 saturated heterocycles. The van der Waals surface area contributed by atoms with Gasteiger partial charge in [-0.3, -0.25) is 4.79 Å². The predicted molar refractivity (Wildman–Crippen MR) is 110 cm³/mol. The summed E-state index contributed by atoms with van der Waals surface area (Å²) in [6.07, 6.45) is 3.11. The summed E-state index contributed by atoms with van der Waals surface area (Å²) in [4.78, 5) is 14.8. The van der Waals surface area contributed by atoms with E-state index < -0.39 is 11.4 Å². The van der Waals surface area contributed by atoms with E-state index in [1.165, 1.54) is 6.07 Å². The Bertz CT molecular complexity index is 894. The van der Waals surface area contributed by atoms with Crippen molar-refractivity contribution < 1.29 is 13.7 Å². The van der Waals surface area contributed by atoms with Gasteiger partial charge in [-0.15, -0.1) is 4.72 Å². The van der Waals surface area contributed by atoms with Gasteiger partial charge in [0.15, 0.2) is 0 Å². The maximum Gasteiger partial charge on any atom is 0.226 e. The number of carbonyl (C=O) groups is 1. The van der Waals surface area contributed by atoms with Crippen LogP contribution in [-0.4, -0.2) is 40.7 Å². The molecule has 0 aromatic heterocycles. The van der Waals surface area contributed by atoms with E-state index >= 15 is 0 Å². The minimum absolute atomic E-state index is 0.00166. The average Bonchev–Trinajstić information content (AvgIpc) is 3.32. The molecule has 1 N–H and O–H groups in total. The summed E-state index contributed by atoms with van der Waals surface area (Å²) in [5.74, 6) is -0.346. The highest BCUT2D eigenvalue weighted by molar-refractivity contribution is 7.88. The van der Waals surface area contributed by atoms with Gasteiger partial charge in [-0.25, -0.2) is 4.39 Å². The summed E-state index contributed by atoms with van der Waals surface area (Å²) >= 11 is 5.23. The van der Waals surface area contributed by atoms with Crippen LogP contribution in [0.5, 0.6) is 0 Å². The molecule has 4 nitrogen and oxygen atoms in total. The predicted octanol–water partition coefficient (Wildman–Crippen LogP) is 3.73. The Morgan fingerprint density at radius 1 is 1.29 bits per heavy atom. The lowest BCUT2D eigenvalue weighted by Gasteiger charge is -2.18. The summed E-state index contributed by atoms with van der Waals surface area (Å²) in [5.41, 5.74) is 2.00. The van der Waals surface area contributed by atoms with Crippen molar-refractivity contribution in [3.05, 3.63) is 58.9 Å². The van der Waals surface area contributed by atoms with Crippen molar-refractivity contribution in [2.45, 2.75) is 24.8 Å². The Kier molecular flexibility index (Phi) is 5.65. The highest BCUT2D eigenvalue weighted by atomic mass is 35.5. The Hall–Kier alpha value is -1.60. The van der Waals surface area contributed by atoms with E-state index in [1.54, 1.807) is 18.4 Å². The van der Waals surface area contributed by atoms with Crippen molar-refractivity contribution in [2.24, 2.45) is 5.92 Å². The third kappa shape index (κ3) is 3.92. The molecule has 1 aliphatic heterocycles. The van der Waals surface area contributed by atoms with Crippen LogP contribution in [0.3, 0.4) is 0 Å². The number of carbonyl (C=O) groups excluding carboxylic acids is 1. The lowest BCUT2D eigenvalue weighted by molar-refractivity contribution is -0.131. The molecule has 4 rings (SSSR count). The highest BCUT2D eigenvalue weighted by Gasteiger charge is 2.48. The summed E-state index contributed by atoms with van der Waals surface area (Å²) < 4.78 is 29.0. The normalized spacial score (nSPS) is 25.0. The van der Waals surface area contributed by atoms with E-state index in [2.05, 4.69) is 4.72 Å². The van der Waals surface area contributed by atoms with Gasteiger partial charge in [0.1, 0.15) is 12.1 Å². The Morgan fingerprint density at radius 3 is 2.82 bits per heavy atom. The van der Waals surface area contributed by atoms with Crippen LogP contribution in [0.4, 0.5) is 4.39 Å². The van der Waals surface area contributed by atoms with Gasteiger partial charge in [0, 0.05) is 46.5 Å². The molecule has 1 aliphatic carbocycles. The fraction of sp³-hybridized carbons (Fsp3) is 0.381. The Morgan fingerprint density at radius 2 is 2.07 bits per heavy atom. The van der Waals surface area contributed by atoms with Crippen LogP contribution in [0.2, 0.25) is 5.02 Å². The van der Waals surface area contributed by atoms with Crippen molar-refractivity contribution >= 4 is 28.9 Å². The van der Waals surface area contributed by atoms with Gasteiger partial charge < -0.3 is 9.45 Å². The molecule has 4 atom stereocenters. The topological polar surface area (TPSA) is 55.4 Å². The fourth-order valence-corrected chi connectivity index (χ4v) is 5.03. The van der Waals surface area contributed by atoms with Gasteiger partial charge in [0.2, 0.25) is 5.91 Å². The maximum atomic E-state index is 14.7. The smallest absolute Gasteiger partial charge is 0.226 e. The zero-order valence-electron chi connectivity index (χ0n) is 15.5. The average molecular weight is 421 g/mol. The molecule has 1 saturated carbocycles. The molecule has 0 radical (unpaired) electrons. The molecule has 2 aliphatic rings. The largest absolute Gasteiger partial charge is 0.598 e. The van der Waals surface area contributed by atoms with Crippen molar-refractivity contribution in [1.29, 1.82) is 0 Å². The molecular weight excluding hydrogens is 399 g/mol. The molecule has 2 aromatic carbocycles. The molecule has 4 unspecified atom stereocenters. The van der Waals surface area contributed by atoms with Gasteiger partial charge in [0.25, 0.3) is 0 Å². The second kappa shape index (κ2) is 8.03. The minimum atomic E-state index is -1.09. The molecule has 0 spiro atoms. The summed E-state index contributed by atoms with van der Waals surface area (Å²) in [5, 5.41) is 0.499. The first-order valence-corrected chi connectivity index (χ1v) is 11.3. The minimum Gasteiger partial charge on any atom is -0.598 e. The van der Waals surface area contributed by atoms with Gasteiger partial charge >= 0.3 is 0 Å². The Balaban J connectivity index is 1.53. The van der Waals surface area contributed by atoms with Crippen LogP contribution in [0.25, 0.3) is 11.1 Å². The van der Waals surface area contributed by atoms with Crippen molar-refractivity contribution in [1.82, 2.24) is 9.62 Å². The first-order valence-electron chi connectivity index (χ1n) is 9.37. The standard InChI is InChI=1S/C21H22ClFN2O2S/c1-28(27)24-13-9-10-25(12-13)21(26)17-11-16(17)14-6-4-8-19(23)20(14)15-5-2-3-7-18(15)22/h2-8,13,16-17,24H,9-12H2,1H3. The van der Waals surface area contributed by atoms with E-state index in [9.17, 15) is 13.7 Å². The molecule has 0 bridgehead atoms. The van der Waals surface area contributed by atoms with E-state index in [1.807, 2.05) is 29.2 Å². The van der Waals surface area contributed by atoms with Crippen molar-refractivity contribution in [3.63, 3.8) is 0 Å². The molecule has 148 valence electrons. The number of halogens is 2. The third-order valence-corrected chi connectivity index (χ3v) is 6.52. The van der Waals surface area contributed by atoms with E-state index in [0.29, 0.717) is 35.7 Å². The summed E-state index contributed by atoms with van der Waals surface area (Å²) in [6.45, 7) is 1.24. The molecule has 7 heteroatoms. The highest BCUT2D eigenvalue weighted by Crippen LogP contribution is 2.52. The van der Waals surface area contributed by atoms with Crippen molar-refractivity contribution in [3.8, 4) is 11.1 Å². The molecule has 2 aromatic rings. The number of nitrogens with zero attached hydrogens (tertiary/aromatic N) is 1. The van der Waals surface area contributed by atoms with Crippen LogP contribution in [-0.2, 0) is 16.2 Å². The third-order valence-electron chi connectivity index (χ3n) is 5.53. The monoisotopic (exact) mass is 420 g/mol. The van der Waals surface area contributed by atoms with E-state index in [4.69, 9.17) is 11.6 Å². The second-order valence-corrected chi connectivity index (χ2v) is 9.03. The maximum absolute atomic E-state index is 14.7. The van der Waals surface area contributed by atoms with Crippen LogP contribution >= 0.6 is 11.6 Å². The fourth-order valence-electron chi connectivity index (χ4n) is 4.14. The molecule has 2 fully saturated rings. The number of rotatable bonds is 5. The van der Waals surface area contributed by atoms with E-state index in [0.717, 1.165) is 12.0 Å². The van der Waals surface area contributed by atoms with Gasteiger partial charge in [-0.2, -0.15) is 0 Å². The Labute approximate surface area is 172 Å². The number of likely N-dealkylation sites (tertiary alicyclic amines) is 1. The summed E-state index contributed by atoms with van der Waals surface area (Å²) in [7, 11) is 0. The van der Waals surface area contributed by atoms with Gasteiger partial charge in [-0.1, -0.05) is 41.9 Å². The SMILES string of the molecule is C[S+]([O-])NC1CCN(C(=O)C2CC2c2cccc(F)c2-c2ccccc2Cl)C1. The summed E-state index contributed by atoms with van der Waals surface area (Å²) in [6, 6.07) is 12.3. The van der Waals surface area contributed by atoms with Crippen LogP contribution in [0.15, 0.2) is 42.5 Å². The zero-order valence-corrected chi connectivity index (χ0v) is 17.1. The quantitative estimate of drug-likeness (QED) is 0.750. The molecule has 1 amide bonds. The lowest BCUT2D eigenvalue weighted by atomic mass is 9.95. The number of hydrogen-bond donors (Lipinski definition) is 1. The molecule has 1 heterocycles. The zero-order chi connectivity index (χ0) is 19.8. The van der Waals surface area contributed by atoms with E-state index in [-0.39, 0.29) is 29.6 Å². The second-order valence-electron chi connectivity index (χ2n) is 7.47. The van der Waals surface area contributed by atoms with Crippen LogP contribution in [0.1, 0.15) is 24.3 Å². The number of nitrogens with one attached hydrogen (secondary N) is 1. The van der Waals surface area contributed by atoms with Crippen molar-refractivity contribution in [2.75, 3.05) is 19.3 Å². The van der Waals surface area contributed by atoms with Crippen LogP contribution in [0, 0.1) is 11.7 Å². The van der Waals surface area contributed by atoms with Gasteiger partial charge in [-0.05, 0) is 36.5 Å². The first-order chi connectivity index (χ1) is 13.5. The number of amides is 1. The lowest BCUT2D eigenvalue weighted by Crippen LogP contribution is -2.38. The number of benzene rings is 2. The van der Waals surface area contributed by atoms with Crippen LogP contribution < -0.4 is 4.72 Å². The molecule has 28 heavy (non-hydrogen) atoms. The first kappa shape index (κ1) is 19.7. The van der Waals surface area contributed by atoms with Gasteiger partial charge in [0.05, 0.1) is 6.04 Å².